The Kier molecular flexibility index (Phi) is 4.86. The molecule has 27 heavy (non-hydrogen) atoms. The number of rotatable bonds is 4. The van der Waals surface area contributed by atoms with E-state index in [0.717, 1.165) is 19.5 Å². The van der Waals surface area contributed by atoms with Gasteiger partial charge in [-0.2, -0.15) is 0 Å². The molecule has 3 aromatic rings. The highest BCUT2D eigenvalue weighted by molar-refractivity contribution is 7.13. The van der Waals surface area contributed by atoms with Gasteiger partial charge in [0.2, 0.25) is 0 Å². The Labute approximate surface area is 165 Å². The van der Waals surface area contributed by atoms with E-state index in [1.54, 1.807) is 7.05 Å². The first kappa shape index (κ1) is 19.5. The van der Waals surface area contributed by atoms with Crippen LogP contribution in [0.25, 0.3) is 22.6 Å². The lowest BCUT2D eigenvalue weighted by atomic mass is 9.96. The van der Waals surface area contributed by atoms with Gasteiger partial charge in [-0.05, 0) is 41.5 Å². The molecule has 142 valence electrons. The molecule has 0 aliphatic heterocycles. The first-order valence-corrected chi connectivity index (χ1v) is 10.1. The Morgan fingerprint density at radius 2 is 1.26 bits per heavy atom. The lowest BCUT2D eigenvalue weighted by Crippen LogP contribution is -2.11. The molecule has 0 fully saturated rings. The van der Waals surface area contributed by atoms with Crippen LogP contribution in [0.2, 0.25) is 0 Å². The maximum atomic E-state index is 12.4. The third kappa shape index (κ3) is 2.95. The van der Waals surface area contributed by atoms with E-state index in [4.69, 9.17) is 4.42 Å². The molecular formula is C20H21NO4S2. The molecule has 0 aromatic carbocycles. The van der Waals surface area contributed by atoms with E-state index in [-0.39, 0.29) is 11.6 Å². The molecule has 3 aromatic heterocycles. The Balaban J connectivity index is 2.48. The van der Waals surface area contributed by atoms with E-state index in [0.29, 0.717) is 33.7 Å². The summed E-state index contributed by atoms with van der Waals surface area (Å²) >= 11 is 3.02. The lowest BCUT2D eigenvalue weighted by Gasteiger charge is -2.09. The number of hydrogen-bond acceptors (Lipinski definition) is 6. The van der Waals surface area contributed by atoms with E-state index in [1.165, 1.54) is 41.1 Å². The zero-order valence-electron chi connectivity index (χ0n) is 16.4. The van der Waals surface area contributed by atoms with Gasteiger partial charge in [0.25, 0.3) is 0 Å². The van der Waals surface area contributed by atoms with Gasteiger partial charge in [0.05, 0.1) is 5.69 Å². The summed E-state index contributed by atoms with van der Waals surface area (Å²) in [6.07, 6.45) is 0. The topological polar surface area (TPSA) is 69.3 Å². The largest absolute Gasteiger partial charge is 0.419 e. The number of Topliss-reactive ketones (excluding diaryl/α,β-unsaturated/α-hetero) is 2. The summed E-state index contributed by atoms with van der Waals surface area (Å²) in [7, 11) is 1.63. The predicted octanol–water partition coefficient (Wildman–Crippen LogP) is 5.07. The summed E-state index contributed by atoms with van der Waals surface area (Å²) in [6, 6.07) is 0. The highest BCUT2D eigenvalue weighted by atomic mass is 32.1. The van der Waals surface area contributed by atoms with Gasteiger partial charge in [0, 0.05) is 48.8 Å². The van der Waals surface area contributed by atoms with Gasteiger partial charge in [-0.3, -0.25) is 14.2 Å². The van der Waals surface area contributed by atoms with Crippen LogP contribution < -0.4 is 5.76 Å². The highest BCUT2D eigenvalue weighted by Crippen LogP contribution is 2.44. The summed E-state index contributed by atoms with van der Waals surface area (Å²) in [5.74, 6) is -0.292. The van der Waals surface area contributed by atoms with Crippen LogP contribution in [0.4, 0.5) is 0 Å². The second-order valence-corrected chi connectivity index (χ2v) is 9.50. The lowest BCUT2D eigenvalue weighted by molar-refractivity contribution is 0.100. The van der Waals surface area contributed by atoms with E-state index in [1.807, 2.05) is 27.7 Å². The van der Waals surface area contributed by atoms with E-state index >= 15 is 0 Å². The van der Waals surface area contributed by atoms with Crippen molar-refractivity contribution < 1.29 is 14.0 Å². The number of hydrogen-bond donors (Lipinski definition) is 0. The molecule has 0 saturated carbocycles. The summed E-state index contributed by atoms with van der Waals surface area (Å²) in [6.45, 7) is 10.7. The Bertz CT molecular complexity index is 1150. The van der Waals surface area contributed by atoms with E-state index in [9.17, 15) is 14.4 Å². The Hall–Kier alpha value is -2.25. The molecule has 0 radical (unpaired) electrons. The number of nitrogens with zero attached hydrogens (tertiary/aromatic N) is 1. The Morgan fingerprint density at radius 3 is 1.74 bits per heavy atom. The van der Waals surface area contributed by atoms with Crippen molar-refractivity contribution in [1.82, 2.24) is 4.57 Å². The summed E-state index contributed by atoms with van der Waals surface area (Å²) in [4.78, 5) is 40.7. The molecule has 5 nitrogen and oxygen atoms in total. The molecule has 0 saturated heterocycles. The maximum Gasteiger partial charge on any atom is 0.419 e. The summed E-state index contributed by atoms with van der Waals surface area (Å²) in [5, 5.41) is 0. The van der Waals surface area contributed by atoms with Crippen molar-refractivity contribution in [2.45, 2.75) is 41.5 Å². The molecule has 0 amide bonds. The second-order valence-electron chi connectivity index (χ2n) is 6.65. The molecule has 3 rings (SSSR count). The second kappa shape index (κ2) is 6.73. The first-order chi connectivity index (χ1) is 12.6. The highest BCUT2D eigenvalue weighted by Gasteiger charge is 2.30. The van der Waals surface area contributed by atoms with Crippen LogP contribution in [-0.2, 0) is 7.05 Å². The molecule has 0 spiro atoms. The molecular weight excluding hydrogens is 382 g/mol. The number of thiophene rings is 2. The molecule has 7 heteroatoms. The Morgan fingerprint density at radius 1 is 0.815 bits per heavy atom. The van der Waals surface area contributed by atoms with Crippen LogP contribution in [0.3, 0.4) is 0 Å². The fourth-order valence-corrected chi connectivity index (χ4v) is 5.88. The van der Waals surface area contributed by atoms with Crippen LogP contribution in [0.1, 0.15) is 54.1 Å². The minimum atomic E-state index is -0.518. The fourth-order valence-electron chi connectivity index (χ4n) is 3.67. The number of carbonyl (C=O) groups is 2. The molecule has 0 unspecified atom stereocenters. The minimum Gasteiger partial charge on any atom is -0.407 e. The predicted molar refractivity (Wildman–Crippen MR) is 110 cm³/mol. The molecule has 0 N–H and O–H groups in total. The number of carbonyl (C=O) groups excluding carboxylic acids is 2. The van der Waals surface area contributed by atoms with E-state index < -0.39 is 5.76 Å². The van der Waals surface area contributed by atoms with Gasteiger partial charge in [0.1, 0.15) is 0 Å². The molecule has 0 atom stereocenters. The fraction of sp³-hybridized carbons (Fsp3) is 0.350. The molecule has 0 bridgehead atoms. The van der Waals surface area contributed by atoms with Crippen LogP contribution in [0, 0.1) is 27.7 Å². The smallest absolute Gasteiger partial charge is 0.407 e. The van der Waals surface area contributed by atoms with E-state index in [2.05, 4.69) is 0 Å². The van der Waals surface area contributed by atoms with Crippen LogP contribution >= 0.6 is 22.7 Å². The first-order valence-electron chi connectivity index (χ1n) is 8.48. The summed E-state index contributed by atoms with van der Waals surface area (Å²) < 4.78 is 7.05. The average Bonchev–Trinajstić information content (AvgIpc) is 3.11. The van der Waals surface area contributed by atoms with Crippen molar-refractivity contribution in [3.8, 4) is 22.6 Å². The normalized spacial score (nSPS) is 11.2. The van der Waals surface area contributed by atoms with Crippen LogP contribution in [0.15, 0.2) is 9.21 Å². The van der Waals surface area contributed by atoms with Crippen molar-refractivity contribution in [3.05, 3.63) is 41.2 Å². The maximum absolute atomic E-state index is 12.4. The van der Waals surface area contributed by atoms with Gasteiger partial charge < -0.3 is 4.42 Å². The number of aromatic nitrogens is 1. The third-order valence-electron chi connectivity index (χ3n) is 4.70. The zero-order valence-corrected chi connectivity index (χ0v) is 18.0. The van der Waals surface area contributed by atoms with Crippen molar-refractivity contribution in [2.75, 3.05) is 0 Å². The van der Waals surface area contributed by atoms with Crippen molar-refractivity contribution in [1.29, 1.82) is 0 Å². The molecule has 0 aliphatic carbocycles. The van der Waals surface area contributed by atoms with Crippen molar-refractivity contribution in [3.63, 3.8) is 0 Å². The standard InChI is InChI=1S/C20H21NO4S2/c1-8(22)14-10(3)26-12(5)16(14)18-19(25-20(24)21(18)7)17-13(6)27-11(4)15(17)9(2)23/h1-7H3. The van der Waals surface area contributed by atoms with Gasteiger partial charge in [-0.1, -0.05) is 0 Å². The van der Waals surface area contributed by atoms with Crippen LogP contribution in [0.5, 0.6) is 0 Å². The average molecular weight is 404 g/mol. The zero-order chi connectivity index (χ0) is 20.2. The molecule has 3 heterocycles. The van der Waals surface area contributed by atoms with Gasteiger partial charge in [-0.25, -0.2) is 4.79 Å². The van der Waals surface area contributed by atoms with Gasteiger partial charge in [0.15, 0.2) is 17.3 Å². The number of oxazole rings is 1. The van der Waals surface area contributed by atoms with Crippen LogP contribution in [-0.4, -0.2) is 16.1 Å². The number of ketones is 2. The third-order valence-corrected chi connectivity index (χ3v) is 6.74. The summed E-state index contributed by atoms with van der Waals surface area (Å²) in [5.41, 5.74) is 3.09. The monoisotopic (exact) mass is 403 g/mol. The van der Waals surface area contributed by atoms with Gasteiger partial charge >= 0.3 is 5.76 Å². The quantitative estimate of drug-likeness (QED) is 0.570. The van der Waals surface area contributed by atoms with Crippen molar-refractivity contribution in [2.24, 2.45) is 7.05 Å². The van der Waals surface area contributed by atoms with Crippen molar-refractivity contribution >= 4 is 34.2 Å². The SMILES string of the molecule is CC(=O)c1c(C)sc(C)c1-c1oc(=O)n(C)c1-c1c(C)sc(C)c1C(C)=O. The van der Waals surface area contributed by atoms with Gasteiger partial charge in [-0.15, -0.1) is 22.7 Å². The molecule has 0 aliphatic rings. The minimum absolute atomic E-state index is 0.0588. The number of aryl methyl sites for hydroxylation is 4.